The quantitative estimate of drug-likeness (QED) is 0.518. The average Bonchev–Trinajstić information content (AvgIpc) is 2.30. The van der Waals surface area contributed by atoms with Crippen LogP contribution in [0.5, 0.6) is 0 Å². The highest BCUT2D eigenvalue weighted by molar-refractivity contribution is 5.69. The van der Waals surface area contributed by atoms with Crippen molar-refractivity contribution < 1.29 is 14.3 Å². The van der Waals surface area contributed by atoms with E-state index in [4.69, 9.17) is 9.47 Å². The van der Waals surface area contributed by atoms with Gasteiger partial charge in [-0.3, -0.25) is 4.79 Å². The Morgan fingerprint density at radius 1 is 1.31 bits per heavy atom. The van der Waals surface area contributed by atoms with Crippen LogP contribution in [-0.2, 0) is 14.3 Å². The fourth-order valence-corrected chi connectivity index (χ4v) is 2.38. The van der Waals surface area contributed by atoms with Gasteiger partial charge in [0.1, 0.15) is 6.10 Å². The van der Waals surface area contributed by atoms with Crippen molar-refractivity contribution in [1.29, 1.82) is 0 Å². The molecule has 0 bridgehead atoms. The Hall–Kier alpha value is -0.570. The van der Waals surface area contributed by atoms with Crippen LogP contribution in [0.2, 0.25) is 0 Å². The molecule has 2 atom stereocenters. The first-order valence-corrected chi connectivity index (χ1v) is 6.46. The van der Waals surface area contributed by atoms with Crippen molar-refractivity contribution in [3.8, 4) is 0 Å². The van der Waals surface area contributed by atoms with Crippen molar-refractivity contribution in [1.82, 2.24) is 0 Å². The third-order valence-corrected chi connectivity index (χ3v) is 3.38. The maximum absolute atomic E-state index is 11.6. The Bertz CT molecular complexity index is 203. The number of ether oxygens (including phenoxy) is 2. The predicted octanol–water partition coefficient (Wildman–Crippen LogP) is 2.93. The van der Waals surface area contributed by atoms with Crippen LogP contribution in [0.4, 0.5) is 0 Å². The number of hydrogen-bond acceptors (Lipinski definition) is 3. The van der Waals surface area contributed by atoms with Gasteiger partial charge in [0.25, 0.3) is 0 Å². The van der Waals surface area contributed by atoms with Gasteiger partial charge < -0.3 is 9.47 Å². The largest absolute Gasteiger partial charge is 0.462 e. The number of carbonyl (C=O) groups is 1. The average molecular weight is 228 g/mol. The fraction of sp³-hybridized carbons (Fsp3) is 0.923. The summed E-state index contributed by atoms with van der Waals surface area (Å²) >= 11 is 0. The van der Waals surface area contributed by atoms with Crippen molar-refractivity contribution in [2.75, 3.05) is 13.7 Å². The van der Waals surface area contributed by atoms with Gasteiger partial charge in [0, 0.05) is 20.1 Å². The highest BCUT2D eigenvalue weighted by Gasteiger charge is 2.26. The van der Waals surface area contributed by atoms with Gasteiger partial charge in [-0.1, -0.05) is 13.3 Å². The summed E-state index contributed by atoms with van der Waals surface area (Å²) in [6.07, 6.45) is 7.30. The van der Waals surface area contributed by atoms with E-state index in [2.05, 4.69) is 6.92 Å². The van der Waals surface area contributed by atoms with Crippen LogP contribution in [0.1, 0.15) is 51.9 Å². The Balaban J connectivity index is 2.25. The minimum Gasteiger partial charge on any atom is -0.462 e. The van der Waals surface area contributed by atoms with E-state index in [0.717, 1.165) is 19.3 Å². The van der Waals surface area contributed by atoms with Gasteiger partial charge in [-0.05, 0) is 38.0 Å². The smallest absolute Gasteiger partial charge is 0.306 e. The molecular formula is C13H24O3. The predicted molar refractivity (Wildman–Crippen MR) is 63.2 cm³/mol. The normalized spacial score (nSPS) is 25.4. The summed E-state index contributed by atoms with van der Waals surface area (Å²) in [4.78, 5) is 11.6. The molecular weight excluding hydrogens is 204 g/mol. The molecule has 0 saturated heterocycles. The minimum absolute atomic E-state index is 0.0533. The van der Waals surface area contributed by atoms with E-state index in [0.29, 0.717) is 18.9 Å². The third-order valence-electron chi connectivity index (χ3n) is 3.38. The molecule has 1 fully saturated rings. The minimum atomic E-state index is -0.0533. The topological polar surface area (TPSA) is 35.5 Å². The summed E-state index contributed by atoms with van der Waals surface area (Å²) in [5.74, 6) is 0.530. The van der Waals surface area contributed by atoms with Crippen molar-refractivity contribution >= 4 is 5.97 Å². The van der Waals surface area contributed by atoms with E-state index >= 15 is 0 Å². The number of esters is 1. The van der Waals surface area contributed by atoms with E-state index < -0.39 is 0 Å². The lowest BCUT2D eigenvalue weighted by Crippen LogP contribution is -2.29. The lowest BCUT2D eigenvalue weighted by atomic mass is 9.85. The second-order valence-electron chi connectivity index (χ2n) is 4.58. The molecule has 1 aliphatic rings. The lowest BCUT2D eigenvalue weighted by Gasteiger charge is -2.30. The van der Waals surface area contributed by atoms with Crippen LogP contribution in [0.3, 0.4) is 0 Å². The first-order valence-electron chi connectivity index (χ1n) is 6.46. The van der Waals surface area contributed by atoms with E-state index in [9.17, 15) is 4.79 Å². The second-order valence-corrected chi connectivity index (χ2v) is 4.58. The van der Waals surface area contributed by atoms with Crippen LogP contribution in [0.25, 0.3) is 0 Å². The molecule has 1 saturated carbocycles. The second kappa shape index (κ2) is 7.66. The number of carbonyl (C=O) groups excluding carboxylic acids is 1. The zero-order valence-corrected chi connectivity index (χ0v) is 10.5. The lowest BCUT2D eigenvalue weighted by molar-refractivity contribution is -0.154. The molecule has 1 rings (SSSR count). The standard InChI is InChI=1S/C13H24O3/c1-3-11-7-4-5-8-12(11)16-13(14)9-6-10-15-2/h11-12H,3-10H2,1-2H3/t11-,12+/m1/s1. The highest BCUT2D eigenvalue weighted by atomic mass is 16.5. The van der Waals surface area contributed by atoms with Crippen LogP contribution in [0, 0.1) is 5.92 Å². The molecule has 16 heavy (non-hydrogen) atoms. The molecule has 0 unspecified atom stereocenters. The summed E-state index contributed by atoms with van der Waals surface area (Å²) in [5, 5.41) is 0. The maximum atomic E-state index is 11.6. The molecule has 0 aromatic rings. The molecule has 0 N–H and O–H groups in total. The molecule has 3 nitrogen and oxygen atoms in total. The van der Waals surface area contributed by atoms with Crippen LogP contribution in [0.15, 0.2) is 0 Å². The van der Waals surface area contributed by atoms with Crippen LogP contribution >= 0.6 is 0 Å². The molecule has 0 radical (unpaired) electrons. The molecule has 0 heterocycles. The Labute approximate surface area is 98.5 Å². The molecule has 0 amide bonds. The van der Waals surface area contributed by atoms with Gasteiger partial charge in [0.2, 0.25) is 0 Å². The maximum Gasteiger partial charge on any atom is 0.306 e. The monoisotopic (exact) mass is 228 g/mol. The highest BCUT2D eigenvalue weighted by Crippen LogP contribution is 2.29. The molecule has 0 aromatic carbocycles. The van der Waals surface area contributed by atoms with Crippen LogP contribution < -0.4 is 0 Å². The van der Waals surface area contributed by atoms with Gasteiger partial charge in [0.15, 0.2) is 0 Å². The molecule has 94 valence electrons. The molecule has 3 heteroatoms. The van der Waals surface area contributed by atoms with Gasteiger partial charge in [0.05, 0.1) is 0 Å². The first-order chi connectivity index (χ1) is 7.77. The molecule has 0 aromatic heterocycles. The number of methoxy groups -OCH3 is 1. The molecule has 1 aliphatic carbocycles. The van der Waals surface area contributed by atoms with Gasteiger partial charge in [-0.2, -0.15) is 0 Å². The van der Waals surface area contributed by atoms with Crippen molar-refractivity contribution in [2.45, 2.75) is 58.0 Å². The van der Waals surface area contributed by atoms with Crippen molar-refractivity contribution in [3.63, 3.8) is 0 Å². The van der Waals surface area contributed by atoms with Crippen molar-refractivity contribution in [2.24, 2.45) is 5.92 Å². The fourth-order valence-electron chi connectivity index (χ4n) is 2.38. The summed E-state index contributed by atoms with van der Waals surface area (Å²) in [6, 6.07) is 0. The van der Waals surface area contributed by atoms with E-state index in [1.54, 1.807) is 7.11 Å². The molecule has 0 aliphatic heterocycles. The zero-order valence-electron chi connectivity index (χ0n) is 10.5. The number of rotatable bonds is 6. The summed E-state index contributed by atoms with van der Waals surface area (Å²) in [6.45, 7) is 2.82. The van der Waals surface area contributed by atoms with E-state index in [1.165, 1.54) is 19.3 Å². The summed E-state index contributed by atoms with van der Waals surface area (Å²) in [5.41, 5.74) is 0. The summed E-state index contributed by atoms with van der Waals surface area (Å²) in [7, 11) is 1.65. The summed E-state index contributed by atoms with van der Waals surface area (Å²) < 4.78 is 10.5. The molecule has 0 spiro atoms. The van der Waals surface area contributed by atoms with Gasteiger partial charge in [-0.15, -0.1) is 0 Å². The van der Waals surface area contributed by atoms with Gasteiger partial charge >= 0.3 is 5.97 Å². The Morgan fingerprint density at radius 2 is 2.06 bits per heavy atom. The zero-order chi connectivity index (χ0) is 11.8. The van der Waals surface area contributed by atoms with Crippen molar-refractivity contribution in [3.05, 3.63) is 0 Å². The Kier molecular flexibility index (Phi) is 6.46. The van der Waals surface area contributed by atoms with Gasteiger partial charge in [-0.25, -0.2) is 0 Å². The SMILES string of the molecule is CC[C@@H]1CCCC[C@@H]1OC(=O)CCCOC. The van der Waals surface area contributed by atoms with E-state index in [-0.39, 0.29) is 12.1 Å². The van der Waals surface area contributed by atoms with E-state index in [1.807, 2.05) is 0 Å². The first kappa shape index (κ1) is 13.5. The van der Waals surface area contributed by atoms with Crippen LogP contribution in [-0.4, -0.2) is 25.8 Å². The number of hydrogen-bond donors (Lipinski definition) is 0. The Morgan fingerprint density at radius 3 is 2.75 bits per heavy atom. The third kappa shape index (κ3) is 4.52.